The normalized spacial score (nSPS) is 23.9. The van der Waals surface area contributed by atoms with Gasteiger partial charge in [0, 0.05) is 12.0 Å². The monoisotopic (exact) mass is 225 g/mol. The average Bonchev–Trinajstić information content (AvgIpc) is 2.43. The number of aliphatic hydroxyl groups is 1. The standard InChI is InChI=1S/C11H12FNO3/c12-8-3-1-2-7-10(15)9(13-6-14)4-5-16-11(7)8/h1-3,6,9-10,15H,4-5H2,(H,13,14). The molecule has 0 radical (unpaired) electrons. The Labute approximate surface area is 92.0 Å². The summed E-state index contributed by atoms with van der Waals surface area (Å²) in [7, 11) is 0. The average molecular weight is 225 g/mol. The van der Waals surface area contributed by atoms with Crippen LogP contribution in [0.5, 0.6) is 5.75 Å². The third-order valence-corrected chi connectivity index (χ3v) is 2.65. The highest BCUT2D eigenvalue weighted by Gasteiger charge is 2.28. The molecule has 1 aliphatic heterocycles. The van der Waals surface area contributed by atoms with Crippen molar-refractivity contribution in [3.8, 4) is 5.75 Å². The lowest BCUT2D eigenvalue weighted by atomic mass is 10.0. The molecule has 0 saturated heterocycles. The number of halogens is 1. The fourth-order valence-corrected chi connectivity index (χ4v) is 1.84. The van der Waals surface area contributed by atoms with Gasteiger partial charge in [0.05, 0.1) is 12.6 Å². The third kappa shape index (κ3) is 1.86. The molecule has 0 bridgehead atoms. The molecule has 16 heavy (non-hydrogen) atoms. The van der Waals surface area contributed by atoms with Crippen LogP contribution < -0.4 is 10.1 Å². The predicted molar refractivity (Wildman–Crippen MR) is 54.5 cm³/mol. The zero-order valence-electron chi connectivity index (χ0n) is 8.52. The van der Waals surface area contributed by atoms with Gasteiger partial charge in [0.25, 0.3) is 0 Å². The van der Waals surface area contributed by atoms with E-state index in [1.165, 1.54) is 12.1 Å². The van der Waals surface area contributed by atoms with Crippen LogP contribution in [0.3, 0.4) is 0 Å². The zero-order valence-corrected chi connectivity index (χ0v) is 8.52. The molecule has 0 spiro atoms. The predicted octanol–water partition coefficient (Wildman–Crippen LogP) is 0.756. The lowest BCUT2D eigenvalue weighted by Gasteiger charge is -2.19. The van der Waals surface area contributed by atoms with Crippen LogP contribution in [0.2, 0.25) is 0 Å². The Hall–Kier alpha value is -1.62. The van der Waals surface area contributed by atoms with Gasteiger partial charge in [-0.3, -0.25) is 4.79 Å². The van der Waals surface area contributed by atoms with E-state index in [0.29, 0.717) is 18.4 Å². The fraction of sp³-hybridized carbons (Fsp3) is 0.364. The molecule has 4 nitrogen and oxygen atoms in total. The van der Waals surface area contributed by atoms with Crippen LogP contribution in [0.15, 0.2) is 18.2 Å². The molecule has 2 rings (SSSR count). The summed E-state index contributed by atoms with van der Waals surface area (Å²) in [5.74, 6) is -0.423. The number of rotatable bonds is 2. The molecule has 5 heteroatoms. The quantitative estimate of drug-likeness (QED) is 0.730. The molecule has 1 aromatic rings. The van der Waals surface area contributed by atoms with Crippen LogP contribution in [-0.4, -0.2) is 24.2 Å². The first-order valence-electron chi connectivity index (χ1n) is 5.03. The maximum Gasteiger partial charge on any atom is 0.207 e. The molecule has 2 N–H and O–H groups in total. The number of carbonyl (C=O) groups excluding carboxylic acids is 1. The highest BCUT2D eigenvalue weighted by Crippen LogP contribution is 2.33. The maximum atomic E-state index is 13.4. The van der Waals surface area contributed by atoms with Gasteiger partial charge in [-0.1, -0.05) is 12.1 Å². The van der Waals surface area contributed by atoms with Gasteiger partial charge in [0.2, 0.25) is 6.41 Å². The molecule has 0 aliphatic carbocycles. The van der Waals surface area contributed by atoms with Gasteiger partial charge >= 0.3 is 0 Å². The minimum absolute atomic E-state index is 0.0743. The van der Waals surface area contributed by atoms with E-state index in [1.807, 2.05) is 0 Å². The molecule has 2 atom stereocenters. The zero-order chi connectivity index (χ0) is 11.5. The molecule has 2 unspecified atom stereocenters. The molecular weight excluding hydrogens is 213 g/mol. The summed E-state index contributed by atoms with van der Waals surface area (Å²) >= 11 is 0. The summed E-state index contributed by atoms with van der Waals surface area (Å²) in [4.78, 5) is 10.4. The van der Waals surface area contributed by atoms with Crippen molar-refractivity contribution in [2.24, 2.45) is 0 Å². The van der Waals surface area contributed by atoms with E-state index in [0.717, 1.165) is 0 Å². The molecule has 1 amide bonds. The van der Waals surface area contributed by atoms with Gasteiger partial charge in [0.15, 0.2) is 11.6 Å². The van der Waals surface area contributed by atoms with Crippen molar-refractivity contribution in [2.75, 3.05) is 6.61 Å². The Bertz CT molecular complexity index is 397. The Morgan fingerprint density at radius 3 is 3.12 bits per heavy atom. The molecule has 1 aromatic carbocycles. The number of aliphatic hydroxyl groups excluding tert-OH is 1. The first-order valence-corrected chi connectivity index (χ1v) is 5.03. The number of ether oxygens (including phenoxy) is 1. The van der Waals surface area contributed by atoms with Gasteiger partial charge in [-0.2, -0.15) is 0 Å². The summed E-state index contributed by atoms with van der Waals surface area (Å²) in [6.07, 6.45) is 0.0186. The highest BCUT2D eigenvalue weighted by atomic mass is 19.1. The van der Waals surface area contributed by atoms with E-state index in [4.69, 9.17) is 4.74 Å². The molecule has 0 saturated carbocycles. The molecule has 86 valence electrons. The van der Waals surface area contributed by atoms with Crippen LogP contribution in [0.4, 0.5) is 4.39 Å². The van der Waals surface area contributed by atoms with Crippen LogP contribution in [0.1, 0.15) is 18.1 Å². The van der Waals surface area contributed by atoms with Gasteiger partial charge < -0.3 is 15.2 Å². The third-order valence-electron chi connectivity index (χ3n) is 2.65. The van der Waals surface area contributed by atoms with Crippen LogP contribution in [0.25, 0.3) is 0 Å². The first kappa shape index (κ1) is 10.9. The van der Waals surface area contributed by atoms with Gasteiger partial charge in [0.1, 0.15) is 6.10 Å². The number of carbonyl (C=O) groups is 1. The SMILES string of the molecule is O=CNC1CCOc2c(F)cccc2C1O. The Kier molecular flexibility index (Phi) is 3.05. The largest absolute Gasteiger partial charge is 0.490 e. The maximum absolute atomic E-state index is 13.4. The Morgan fingerprint density at radius 2 is 2.38 bits per heavy atom. The lowest BCUT2D eigenvalue weighted by Crippen LogP contribution is -2.34. The second-order valence-electron chi connectivity index (χ2n) is 3.63. The Balaban J connectivity index is 2.37. The number of fused-ring (bicyclic) bond motifs is 1. The number of para-hydroxylation sites is 1. The van der Waals surface area contributed by atoms with Crippen molar-refractivity contribution in [3.05, 3.63) is 29.6 Å². The summed E-state index contributed by atoms with van der Waals surface area (Å²) in [5.41, 5.74) is 0.372. The molecule has 1 heterocycles. The number of hydrogen-bond donors (Lipinski definition) is 2. The smallest absolute Gasteiger partial charge is 0.207 e. The van der Waals surface area contributed by atoms with Crippen molar-refractivity contribution < 1.29 is 19.0 Å². The summed E-state index contributed by atoms with van der Waals surface area (Å²) in [6.45, 7) is 0.260. The second-order valence-corrected chi connectivity index (χ2v) is 3.63. The van der Waals surface area contributed by atoms with Crippen molar-refractivity contribution in [1.82, 2.24) is 5.32 Å². The van der Waals surface area contributed by atoms with E-state index in [9.17, 15) is 14.3 Å². The van der Waals surface area contributed by atoms with Crippen molar-refractivity contribution in [3.63, 3.8) is 0 Å². The van der Waals surface area contributed by atoms with Gasteiger partial charge in [-0.05, 0) is 6.07 Å². The summed E-state index contributed by atoms with van der Waals surface area (Å²) in [6, 6.07) is 3.93. The first-order chi connectivity index (χ1) is 7.74. The van der Waals surface area contributed by atoms with Crippen molar-refractivity contribution >= 4 is 6.41 Å². The second kappa shape index (κ2) is 4.49. The van der Waals surface area contributed by atoms with Gasteiger partial charge in [-0.25, -0.2) is 4.39 Å². The van der Waals surface area contributed by atoms with Crippen molar-refractivity contribution in [2.45, 2.75) is 18.6 Å². The number of nitrogens with one attached hydrogen (secondary N) is 1. The van der Waals surface area contributed by atoms with Crippen LogP contribution in [-0.2, 0) is 4.79 Å². The minimum Gasteiger partial charge on any atom is -0.490 e. The number of hydrogen-bond acceptors (Lipinski definition) is 3. The van der Waals surface area contributed by atoms with E-state index in [2.05, 4.69) is 5.32 Å². The molecule has 1 aliphatic rings. The summed E-state index contributed by atoms with van der Waals surface area (Å²) < 4.78 is 18.6. The lowest BCUT2D eigenvalue weighted by molar-refractivity contribution is -0.111. The molecular formula is C11H12FNO3. The summed E-state index contributed by atoms with van der Waals surface area (Å²) in [5, 5.41) is 12.5. The van der Waals surface area contributed by atoms with Gasteiger partial charge in [-0.15, -0.1) is 0 Å². The number of benzene rings is 1. The molecule has 0 aromatic heterocycles. The minimum atomic E-state index is -0.946. The van der Waals surface area contributed by atoms with Crippen LogP contribution >= 0.6 is 0 Å². The van der Waals surface area contributed by atoms with E-state index in [1.54, 1.807) is 6.07 Å². The van der Waals surface area contributed by atoms with Crippen LogP contribution in [0, 0.1) is 5.82 Å². The van der Waals surface area contributed by atoms with E-state index < -0.39 is 18.0 Å². The van der Waals surface area contributed by atoms with E-state index in [-0.39, 0.29) is 12.4 Å². The van der Waals surface area contributed by atoms with E-state index >= 15 is 0 Å². The molecule has 0 fully saturated rings. The fourth-order valence-electron chi connectivity index (χ4n) is 1.84. The highest BCUT2D eigenvalue weighted by molar-refractivity contribution is 5.48. The number of amides is 1. The van der Waals surface area contributed by atoms with Crippen molar-refractivity contribution in [1.29, 1.82) is 0 Å². The topological polar surface area (TPSA) is 58.6 Å². The Morgan fingerprint density at radius 1 is 1.56 bits per heavy atom.